The number of halogens is 1. The number of aryl methyl sites for hydroxylation is 1. The zero-order chi connectivity index (χ0) is 13.0. The average molecular weight is 250 g/mol. The van der Waals surface area contributed by atoms with Crippen molar-refractivity contribution in [2.45, 2.75) is 18.9 Å². The Labute approximate surface area is 104 Å². The van der Waals surface area contributed by atoms with Crippen LogP contribution in [0.4, 0.5) is 4.39 Å². The molecule has 18 heavy (non-hydrogen) atoms. The van der Waals surface area contributed by atoms with Crippen LogP contribution in [0.1, 0.15) is 11.4 Å². The Morgan fingerprint density at radius 3 is 2.89 bits per heavy atom. The highest BCUT2D eigenvalue weighted by atomic mass is 19.1. The summed E-state index contributed by atoms with van der Waals surface area (Å²) in [4.78, 5) is 1.39. The summed E-state index contributed by atoms with van der Waals surface area (Å²) in [6, 6.07) is 6.39. The molecule has 1 heterocycles. The van der Waals surface area contributed by atoms with Crippen LogP contribution in [-0.4, -0.2) is 26.2 Å². The van der Waals surface area contributed by atoms with Gasteiger partial charge >= 0.3 is 0 Å². The standard InChI is InChI=1S/C11H15FN6/c1-18-16-11(15-17-18)7-10(14-13)6-8-3-2-4-9(12)5-8/h2-5,10,14H,6-7,13H2,1H3. The monoisotopic (exact) mass is 250 g/mol. The molecule has 1 aromatic carbocycles. The van der Waals surface area contributed by atoms with Crippen LogP contribution < -0.4 is 11.3 Å². The summed E-state index contributed by atoms with van der Waals surface area (Å²) < 4.78 is 13.1. The van der Waals surface area contributed by atoms with Crippen molar-refractivity contribution in [2.75, 3.05) is 0 Å². The van der Waals surface area contributed by atoms with Gasteiger partial charge in [-0.15, -0.1) is 10.2 Å². The maximum atomic E-state index is 13.1. The first-order valence-electron chi connectivity index (χ1n) is 5.61. The molecule has 6 nitrogen and oxygen atoms in total. The van der Waals surface area contributed by atoms with Crippen LogP contribution in [0.5, 0.6) is 0 Å². The Morgan fingerprint density at radius 2 is 2.28 bits per heavy atom. The van der Waals surface area contributed by atoms with Gasteiger partial charge in [0, 0.05) is 12.5 Å². The molecular weight excluding hydrogens is 235 g/mol. The second kappa shape index (κ2) is 5.65. The maximum absolute atomic E-state index is 13.1. The molecule has 2 rings (SSSR count). The first-order valence-corrected chi connectivity index (χ1v) is 5.61. The molecule has 0 amide bonds. The Bertz CT molecular complexity index is 512. The molecule has 2 aromatic rings. The number of nitrogens with one attached hydrogen (secondary N) is 1. The molecule has 1 atom stereocenters. The number of hydrazine groups is 1. The summed E-state index contributed by atoms with van der Waals surface area (Å²) in [6.45, 7) is 0. The summed E-state index contributed by atoms with van der Waals surface area (Å²) >= 11 is 0. The minimum atomic E-state index is -0.249. The van der Waals surface area contributed by atoms with Crippen molar-refractivity contribution < 1.29 is 4.39 Å². The molecular formula is C11H15FN6. The quantitative estimate of drug-likeness (QED) is 0.575. The molecule has 0 bridgehead atoms. The van der Waals surface area contributed by atoms with E-state index in [2.05, 4.69) is 20.8 Å². The van der Waals surface area contributed by atoms with Crippen LogP contribution in [0.3, 0.4) is 0 Å². The van der Waals surface area contributed by atoms with E-state index in [0.29, 0.717) is 18.7 Å². The minimum absolute atomic E-state index is 0.0593. The van der Waals surface area contributed by atoms with Crippen LogP contribution in [0.2, 0.25) is 0 Å². The van der Waals surface area contributed by atoms with E-state index in [0.717, 1.165) is 5.56 Å². The van der Waals surface area contributed by atoms with E-state index in [1.807, 2.05) is 6.07 Å². The highest BCUT2D eigenvalue weighted by Gasteiger charge is 2.12. The number of aromatic nitrogens is 4. The van der Waals surface area contributed by atoms with Crippen molar-refractivity contribution in [3.05, 3.63) is 41.5 Å². The normalized spacial score (nSPS) is 12.6. The van der Waals surface area contributed by atoms with Gasteiger partial charge in [0.25, 0.3) is 0 Å². The van der Waals surface area contributed by atoms with Crippen molar-refractivity contribution >= 4 is 0 Å². The van der Waals surface area contributed by atoms with E-state index in [1.54, 1.807) is 13.1 Å². The summed E-state index contributed by atoms with van der Waals surface area (Å²) in [5, 5.41) is 11.7. The van der Waals surface area contributed by atoms with Gasteiger partial charge in [-0.05, 0) is 29.3 Å². The van der Waals surface area contributed by atoms with Crippen molar-refractivity contribution in [3.63, 3.8) is 0 Å². The molecule has 7 heteroatoms. The van der Waals surface area contributed by atoms with Crippen LogP contribution >= 0.6 is 0 Å². The fourth-order valence-corrected chi connectivity index (χ4v) is 1.76. The fourth-order valence-electron chi connectivity index (χ4n) is 1.76. The number of hydrogen-bond donors (Lipinski definition) is 2. The highest BCUT2D eigenvalue weighted by Crippen LogP contribution is 2.08. The Morgan fingerprint density at radius 1 is 1.44 bits per heavy atom. The average Bonchev–Trinajstić information content (AvgIpc) is 2.74. The lowest BCUT2D eigenvalue weighted by atomic mass is 10.0. The van der Waals surface area contributed by atoms with Gasteiger partial charge in [-0.2, -0.15) is 4.80 Å². The lowest BCUT2D eigenvalue weighted by molar-refractivity contribution is 0.508. The number of hydrogen-bond acceptors (Lipinski definition) is 5. The Hall–Kier alpha value is -1.86. The molecule has 0 saturated heterocycles. The van der Waals surface area contributed by atoms with Gasteiger partial charge in [-0.25, -0.2) is 4.39 Å². The van der Waals surface area contributed by atoms with Gasteiger partial charge < -0.3 is 0 Å². The maximum Gasteiger partial charge on any atom is 0.176 e. The van der Waals surface area contributed by atoms with Crippen molar-refractivity contribution in [1.82, 2.24) is 25.6 Å². The van der Waals surface area contributed by atoms with E-state index in [-0.39, 0.29) is 11.9 Å². The molecule has 0 saturated carbocycles. The van der Waals surface area contributed by atoms with Gasteiger partial charge in [0.15, 0.2) is 5.82 Å². The molecule has 0 aliphatic heterocycles. The van der Waals surface area contributed by atoms with Crippen LogP contribution in [-0.2, 0) is 19.9 Å². The lowest BCUT2D eigenvalue weighted by Crippen LogP contribution is -2.38. The van der Waals surface area contributed by atoms with Crippen molar-refractivity contribution in [2.24, 2.45) is 12.9 Å². The van der Waals surface area contributed by atoms with Crippen molar-refractivity contribution in [3.8, 4) is 0 Å². The summed E-state index contributed by atoms with van der Waals surface area (Å²) in [5.41, 5.74) is 3.56. The van der Waals surface area contributed by atoms with E-state index in [4.69, 9.17) is 5.84 Å². The molecule has 0 fully saturated rings. The Kier molecular flexibility index (Phi) is 3.96. The second-order valence-corrected chi connectivity index (χ2v) is 4.10. The van der Waals surface area contributed by atoms with Gasteiger partial charge in [0.2, 0.25) is 0 Å². The van der Waals surface area contributed by atoms with E-state index in [1.165, 1.54) is 16.9 Å². The number of nitrogens with two attached hydrogens (primary N) is 1. The van der Waals surface area contributed by atoms with Gasteiger partial charge in [0.1, 0.15) is 5.82 Å². The fraction of sp³-hybridized carbons (Fsp3) is 0.364. The molecule has 1 unspecified atom stereocenters. The number of tetrazole rings is 1. The van der Waals surface area contributed by atoms with Crippen molar-refractivity contribution in [1.29, 1.82) is 0 Å². The van der Waals surface area contributed by atoms with Gasteiger partial charge in [0.05, 0.1) is 7.05 Å². The van der Waals surface area contributed by atoms with Gasteiger partial charge in [-0.3, -0.25) is 11.3 Å². The lowest BCUT2D eigenvalue weighted by Gasteiger charge is -2.13. The summed E-state index contributed by atoms with van der Waals surface area (Å²) in [5.74, 6) is 5.85. The van der Waals surface area contributed by atoms with Gasteiger partial charge in [-0.1, -0.05) is 12.1 Å². The SMILES string of the molecule is Cn1nnc(CC(Cc2cccc(F)c2)NN)n1. The van der Waals surface area contributed by atoms with E-state index >= 15 is 0 Å². The largest absolute Gasteiger partial charge is 0.271 e. The minimum Gasteiger partial charge on any atom is -0.271 e. The molecule has 96 valence electrons. The first kappa shape index (κ1) is 12.6. The van der Waals surface area contributed by atoms with Crippen LogP contribution in [0.15, 0.2) is 24.3 Å². The number of rotatable bonds is 5. The highest BCUT2D eigenvalue weighted by molar-refractivity contribution is 5.17. The topological polar surface area (TPSA) is 81.7 Å². The molecule has 3 N–H and O–H groups in total. The smallest absolute Gasteiger partial charge is 0.176 e. The number of benzene rings is 1. The second-order valence-electron chi connectivity index (χ2n) is 4.10. The number of nitrogens with zero attached hydrogens (tertiary/aromatic N) is 4. The van der Waals surface area contributed by atoms with Crippen LogP contribution in [0.25, 0.3) is 0 Å². The molecule has 0 radical (unpaired) electrons. The zero-order valence-electron chi connectivity index (χ0n) is 10.0. The summed E-state index contributed by atoms with van der Waals surface area (Å²) in [7, 11) is 1.70. The molecule has 0 aliphatic rings. The third kappa shape index (κ3) is 3.31. The third-order valence-electron chi connectivity index (χ3n) is 2.59. The van der Waals surface area contributed by atoms with E-state index < -0.39 is 0 Å². The van der Waals surface area contributed by atoms with E-state index in [9.17, 15) is 4.39 Å². The summed E-state index contributed by atoms with van der Waals surface area (Å²) in [6.07, 6.45) is 1.15. The third-order valence-corrected chi connectivity index (χ3v) is 2.59. The molecule has 1 aromatic heterocycles. The first-order chi connectivity index (χ1) is 8.67. The Balaban J connectivity index is 2.01. The predicted octanol–water partition coefficient (Wildman–Crippen LogP) is -0.0337. The zero-order valence-corrected chi connectivity index (χ0v) is 10.0. The molecule has 0 aliphatic carbocycles. The molecule has 0 spiro atoms. The predicted molar refractivity (Wildman–Crippen MR) is 63.7 cm³/mol. The van der Waals surface area contributed by atoms with Crippen LogP contribution in [0, 0.1) is 5.82 Å².